The first-order valence-corrected chi connectivity index (χ1v) is 7.30. The highest BCUT2D eigenvalue weighted by atomic mass is 16.4. The molecule has 3 heteroatoms. The van der Waals surface area contributed by atoms with E-state index in [1.165, 1.54) is 11.1 Å². The molecule has 0 bridgehead atoms. The van der Waals surface area contributed by atoms with Crippen LogP contribution in [0, 0.1) is 0 Å². The second-order valence-electron chi connectivity index (χ2n) is 5.11. The van der Waals surface area contributed by atoms with Crippen LogP contribution >= 0.6 is 0 Å². The third-order valence-electron chi connectivity index (χ3n) is 3.51. The maximum atomic E-state index is 10.5. The standard InChI is InChI=1S/C18H21NO2/c1-2-14-3-5-16(6-4-14)13-19-17-10-7-15(8-11-17)9-12-18(20)21/h3-8,10-11,19H,2,9,12-13H2,1H3,(H,20,21). The van der Waals surface area contributed by atoms with Gasteiger partial charge in [0, 0.05) is 18.7 Å². The zero-order chi connectivity index (χ0) is 15.1. The van der Waals surface area contributed by atoms with Crippen LogP contribution in [0.25, 0.3) is 0 Å². The second kappa shape index (κ2) is 7.48. The fourth-order valence-electron chi connectivity index (χ4n) is 2.14. The Morgan fingerprint density at radius 3 is 2.10 bits per heavy atom. The number of rotatable bonds is 7. The van der Waals surface area contributed by atoms with E-state index in [2.05, 4.69) is 36.5 Å². The first-order chi connectivity index (χ1) is 10.2. The van der Waals surface area contributed by atoms with Gasteiger partial charge in [0.25, 0.3) is 0 Å². The Bertz CT molecular complexity index is 573. The summed E-state index contributed by atoms with van der Waals surface area (Å²) in [6.07, 6.45) is 1.82. The minimum Gasteiger partial charge on any atom is -0.481 e. The highest BCUT2D eigenvalue weighted by Gasteiger charge is 2.00. The van der Waals surface area contributed by atoms with Crippen LogP contribution in [0.15, 0.2) is 48.5 Å². The highest BCUT2D eigenvalue weighted by molar-refractivity contribution is 5.67. The predicted octanol–water partition coefficient (Wildman–Crippen LogP) is 3.88. The van der Waals surface area contributed by atoms with Gasteiger partial charge in [-0.2, -0.15) is 0 Å². The summed E-state index contributed by atoms with van der Waals surface area (Å²) in [5.41, 5.74) is 4.70. The number of aliphatic carboxylic acids is 1. The molecule has 0 saturated carbocycles. The topological polar surface area (TPSA) is 49.3 Å². The molecule has 110 valence electrons. The van der Waals surface area contributed by atoms with Crippen molar-refractivity contribution in [2.45, 2.75) is 32.7 Å². The van der Waals surface area contributed by atoms with Crippen molar-refractivity contribution >= 4 is 11.7 Å². The summed E-state index contributed by atoms with van der Waals surface area (Å²) < 4.78 is 0. The lowest BCUT2D eigenvalue weighted by atomic mass is 10.1. The second-order valence-corrected chi connectivity index (χ2v) is 5.11. The van der Waals surface area contributed by atoms with Crippen LogP contribution in [0.3, 0.4) is 0 Å². The number of hydrogen-bond acceptors (Lipinski definition) is 2. The van der Waals surface area contributed by atoms with Gasteiger partial charge < -0.3 is 10.4 Å². The molecule has 0 aliphatic carbocycles. The van der Waals surface area contributed by atoms with Gasteiger partial charge in [-0.05, 0) is 41.7 Å². The Balaban J connectivity index is 1.86. The average Bonchev–Trinajstić information content (AvgIpc) is 2.52. The van der Waals surface area contributed by atoms with Gasteiger partial charge >= 0.3 is 5.97 Å². The quantitative estimate of drug-likeness (QED) is 0.810. The third-order valence-corrected chi connectivity index (χ3v) is 3.51. The number of carboxylic acids is 1. The molecule has 2 aromatic rings. The number of carboxylic acid groups (broad SMARTS) is 1. The minimum absolute atomic E-state index is 0.177. The summed E-state index contributed by atoms with van der Waals surface area (Å²) in [6, 6.07) is 16.6. The van der Waals surface area contributed by atoms with Gasteiger partial charge in [0.15, 0.2) is 0 Å². The minimum atomic E-state index is -0.757. The van der Waals surface area contributed by atoms with E-state index in [1.54, 1.807) is 0 Å². The lowest BCUT2D eigenvalue weighted by Gasteiger charge is -2.08. The van der Waals surface area contributed by atoms with Gasteiger partial charge in [-0.3, -0.25) is 4.79 Å². The van der Waals surface area contributed by atoms with E-state index in [-0.39, 0.29) is 6.42 Å². The summed E-state index contributed by atoms with van der Waals surface area (Å²) in [5, 5.41) is 12.0. The molecule has 21 heavy (non-hydrogen) atoms. The Labute approximate surface area is 125 Å². The Morgan fingerprint density at radius 2 is 1.52 bits per heavy atom. The van der Waals surface area contributed by atoms with Crippen LogP contribution in [-0.2, 0) is 24.2 Å². The van der Waals surface area contributed by atoms with Crippen molar-refractivity contribution in [3.8, 4) is 0 Å². The molecule has 0 aliphatic rings. The molecule has 0 spiro atoms. The van der Waals surface area contributed by atoms with E-state index in [1.807, 2.05) is 24.3 Å². The molecule has 3 nitrogen and oxygen atoms in total. The zero-order valence-corrected chi connectivity index (χ0v) is 12.3. The van der Waals surface area contributed by atoms with E-state index in [9.17, 15) is 4.79 Å². The highest BCUT2D eigenvalue weighted by Crippen LogP contribution is 2.13. The molecule has 0 unspecified atom stereocenters. The summed E-state index contributed by atoms with van der Waals surface area (Å²) in [6.45, 7) is 2.94. The number of carbonyl (C=O) groups is 1. The number of anilines is 1. The molecule has 0 amide bonds. The van der Waals surface area contributed by atoms with E-state index >= 15 is 0 Å². The number of nitrogens with one attached hydrogen (secondary N) is 1. The maximum absolute atomic E-state index is 10.5. The predicted molar refractivity (Wildman–Crippen MR) is 85.5 cm³/mol. The molecule has 0 saturated heterocycles. The smallest absolute Gasteiger partial charge is 0.303 e. The van der Waals surface area contributed by atoms with Crippen molar-refractivity contribution < 1.29 is 9.90 Å². The maximum Gasteiger partial charge on any atom is 0.303 e. The van der Waals surface area contributed by atoms with Gasteiger partial charge in [-0.1, -0.05) is 43.3 Å². The SMILES string of the molecule is CCc1ccc(CNc2ccc(CCC(=O)O)cc2)cc1. The Kier molecular flexibility index (Phi) is 5.38. The molecular formula is C18H21NO2. The summed E-state index contributed by atoms with van der Waals surface area (Å²) in [7, 11) is 0. The number of aryl methyl sites for hydroxylation is 2. The van der Waals surface area contributed by atoms with Crippen LogP contribution in [0.4, 0.5) is 5.69 Å². The van der Waals surface area contributed by atoms with Crippen LogP contribution in [0.5, 0.6) is 0 Å². The molecule has 0 fully saturated rings. The fourth-order valence-corrected chi connectivity index (χ4v) is 2.14. The third kappa shape index (κ3) is 4.95. The average molecular weight is 283 g/mol. The van der Waals surface area contributed by atoms with E-state index in [0.29, 0.717) is 6.42 Å². The molecule has 0 atom stereocenters. The summed E-state index contributed by atoms with van der Waals surface area (Å²) >= 11 is 0. The summed E-state index contributed by atoms with van der Waals surface area (Å²) in [4.78, 5) is 10.5. The Morgan fingerprint density at radius 1 is 0.952 bits per heavy atom. The van der Waals surface area contributed by atoms with Crippen LogP contribution in [0.2, 0.25) is 0 Å². The monoisotopic (exact) mass is 283 g/mol. The van der Waals surface area contributed by atoms with Crippen molar-refractivity contribution in [1.82, 2.24) is 0 Å². The molecule has 2 aromatic carbocycles. The first kappa shape index (κ1) is 15.1. The van der Waals surface area contributed by atoms with Crippen molar-refractivity contribution in [2.75, 3.05) is 5.32 Å². The number of hydrogen-bond donors (Lipinski definition) is 2. The van der Waals surface area contributed by atoms with Crippen molar-refractivity contribution in [2.24, 2.45) is 0 Å². The van der Waals surface area contributed by atoms with Gasteiger partial charge in [-0.25, -0.2) is 0 Å². The molecule has 0 aromatic heterocycles. The van der Waals surface area contributed by atoms with Crippen LogP contribution in [-0.4, -0.2) is 11.1 Å². The molecular weight excluding hydrogens is 262 g/mol. The van der Waals surface area contributed by atoms with Gasteiger partial charge in [0.1, 0.15) is 0 Å². The number of benzene rings is 2. The fraction of sp³-hybridized carbons (Fsp3) is 0.278. The van der Waals surface area contributed by atoms with E-state index in [0.717, 1.165) is 24.2 Å². The van der Waals surface area contributed by atoms with E-state index < -0.39 is 5.97 Å². The van der Waals surface area contributed by atoms with Crippen molar-refractivity contribution in [3.05, 3.63) is 65.2 Å². The van der Waals surface area contributed by atoms with E-state index in [4.69, 9.17) is 5.11 Å². The van der Waals surface area contributed by atoms with Gasteiger partial charge in [0.05, 0.1) is 0 Å². The molecule has 0 aliphatic heterocycles. The van der Waals surface area contributed by atoms with Gasteiger partial charge in [0.2, 0.25) is 0 Å². The molecule has 2 rings (SSSR count). The van der Waals surface area contributed by atoms with Gasteiger partial charge in [-0.15, -0.1) is 0 Å². The normalized spacial score (nSPS) is 10.3. The van der Waals surface area contributed by atoms with Crippen LogP contribution < -0.4 is 5.32 Å². The zero-order valence-electron chi connectivity index (χ0n) is 12.3. The first-order valence-electron chi connectivity index (χ1n) is 7.30. The molecule has 0 heterocycles. The lowest BCUT2D eigenvalue weighted by Crippen LogP contribution is -2.00. The Hall–Kier alpha value is -2.29. The van der Waals surface area contributed by atoms with Crippen molar-refractivity contribution in [3.63, 3.8) is 0 Å². The van der Waals surface area contributed by atoms with Crippen LogP contribution in [0.1, 0.15) is 30.0 Å². The van der Waals surface area contributed by atoms with Crippen molar-refractivity contribution in [1.29, 1.82) is 0 Å². The lowest BCUT2D eigenvalue weighted by molar-refractivity contribution is -0.136. The molecule has 2 N–H and O–H groups in total. The summed E-state index contributed by atoms with van der Waals surface area (Å²) in [5.74, 6) is -0.757. The molecule has 0 radical (unpaired) electrons. The largest absolute Gasteiger partial charge is 0.481 e.